The van der Waals surface area contributed by atoms with Gasteiger partial charge >= 0.3 is 0 Å². The molecular formula is C13H28N2O2. The van der Waals surface area contributed by atoms with Crippen LogP contribution in [0.25, 0.3) is 0 Å². The van der Waals surface area contributed by atoms with E-state index in [0.717, 1.165) is 45.6 Å². The average molecular weight is 244 g/mol. The van der Waals surface area contributed by atoms with Gasteiger partial charge in [0.15, 0.2) is 0 Å². The van der Waals surface area contributed by atoms with Crippen LogP contribution in [-0.4, -0.2) is 73.5 Å². The van der Waals surface area contributed by atoms with Crippen LogP contribution >= 0.6 is 0 Å². The van der Waals surface area contributed by atoms with Crippen LogP contribution in [0.3, 0.4) is 0 Å². The summed E-state index contributed by atoms with van der Waals surface area (Å²) in [6.07, 6.45) is 1.53. The molecule has 0 amide bonds. The molecule has 102 valence electrons. The van der Waals surface area contributed by atoms with E-state index in [-0.39, 0.29) is 0 Å². The molecule has 0 radical (unpaired) electrons. The quantitative estimate of drug-likeness (QED) is 0.719. The van der Waals surface area contributed by atoms with Crippen LogP contribution in [-0.2, 0) is 4.74 Å². The minimum absolute atomic E-state index is 0.531. The number of ether oxygens (including phenoxy) is 1. The summed E-state index contributed by atoms with van der Waals surface area (Å²) < 4.78 is 5.29. The SMILES string of the molecule is CCN(CC)CCN(C)CC1(O)CCOCC1. The Bertz CT molecular complexity index is 202. The molecule has 4 heteroatoms. The predicted molar refractivity (Wildman–Crippen MR) is 70.3 cm³/mol. The Labute approximate surface area is 106 Å². The van der Waals surface area contributed by atoms with Gasteiger partial charge in [-0.25, -0.2) is 0 Å². The van der Waals surface area contributed by atoms with Crippen molar-refractivity contribution >= 4 is 0 Å². The molecule has 0 aromatic heterocycles. The van der Waals surface area contributed by atoms with E-state index < -0.39 is 5.60 Å². The van der Waals surface area contributed by atoms with E-state index in [1.165, 1.54) is 0 Å². The zero-order chi connectivity index (χ0) is 12.7. The minimum Gasteiger partial charge on any atom is -0.388 e. The van der Waals surface area contributed by atoms with Gasteiger partial charge in [0.25, 0.3) is 0 Å². The van der Waals surface area contributed by atoms with Gasteiger partial charge in [-0.1, -0.05) is 13.8 Å². The van der Waals surface area contributed by atoms with Crippen molar-refractivity contribution in [3.05, 3.63) is 0 Å². The van der Waals surface area contributed by atoms with E-state index in [1.807, 2.05) is 0 Å². The second-order valence-electron chi connectivity index (χ2n) is 5.10. The number of nitrogens with zero attached hydrogens (tertiary/aromatic N) is 2. The third-order valence-electron chi connectivity index (χ3n) is 3.68. The highest BCUT2D eigenvalue weighted by atomic mass is 16.5. The summed E-state index contributed by atoms with van der Waals surface area (Å²) in [6, 6.07) is 0. The second-order valence-corrected chi connectivity index (χ2v) is 5.10. The largest absolute Gasteiger partial charge is 0.388 e. The van der Waals surface area contributed by atoms with Gasteiger partial charge in [0.2, 0.25) is 0 Å². The zero-order valence-corrected chi connectivity index (χ0v) is 11.6. The minimum atomic E-state index is -0.531. The summed E-state index contributed by atoms with van der Waals surface area (Å²) in [4.78, 5) is 4.65. The smallest absolute Gasteiger partial charge is 0.0817 e. The molecule has 1 heterocycles. The first-order valence-electron chi connectivity index (χ1n) is 6.80. The molecule has 0 unspecified atom stereocenters. The van der Waals surface area contributed by atoms with Crippen LogP contribution in [0.2, 0.25) is 0 Å². The summed E-state index contributed by atoms with van der Waals surface area (Å²) in [5, 5.41) is 10.4. The molecule has 0 saturated carbocycles. The van der Waals surface area contributed by atoms with Crippen molar-refractivity contribution in [2.75, 3.05) is 53.0 Å². The number of hydrogen-bond acceptors (Lipinski definition) is 4. The molecule has 1 fully saturated rings. The molecular weight excluding hydrogens is 216 g/mol. The first-order chi connectivity index (χ1) is 8.09. The van der Waals surface area contributed by atoms with Crippen molar-refractivity contribution in [2.24, 2.45) is 0 Å². The molecule has 4 nitrogen and oxygen atoms in total. The van der Waals surface area contributed by atoms with Crippen LogP contribution in [0.4, 0.5) is 0 Å². The Morgan fingerprint density at radius 3 is 2.24 bits per heavy atom. The molecule has 0 atom stereocenters. The summed E-state index contributed by atoms with van der Waals surface area (Å²) >= 11 is 0. The van der Waals surface area contributed by atoms with Crippen molar-refractivity contribution in [3.8, 4) is 0 Å². The van der Waals surface area contributed by atoms with Gasteiger partial charge in [-0.2, -0.15) is 0 Å². The van der Waals surface area contributed by atoms with Crippen molar-refractivity contribution < 1.29 is 9.84 Å². The fourth-order valence-electron chi connectivity index (χ4n) is 2.34. The number of rotatable bonds is 7. The van der Waals surface area contributed by atoms with Gasteiger partial charge in [-0.05, 0) is 20.1 Å². The zero-order valence-electron chi connectivity index (χ0n) is 11.6. The van der Waals surface area contributed by atoms with Crippen LogP contribution in [0.15, 0.2) is 0 Å². The van der Waals surface area contributed by atoms with Gasteiger partial charge in [-0.3, -0.25) is 0 Å². The maximum Gasteiger partial charge on any atom is 0.0817 e. The maximum absolute atomic E-state index is 10.4. The Balaban J connectivity index is 2.25. The molecule has 1 aliphatic rings. The average Bonchev–Trinajstić information content (AvgIpc) is 2.30. The molecule has 0 aromatic rings. The Hall–Kier alpha value is -0.160. The molecule has 1 aliphatic heterocycles. The second kappa shape index (κ2) is 7.31. The Morgan fingerprint density at radius 2 is 1.71 bits per heavy atom. The molecule has 0 aliphatic carbocycles. The topological polar surface area (TPSA) is 35.9 Å². The number of aliphatic hydroxyl groups is 1. The Morgan fingerprint density at radius 1 is 1.12 bits per heavy atom. The summed E-state index contributed by atoms with van der Waals surface area (Å²) in [5.41, 5.74) is -0.531. The molecule has 17 heavy (non-hydrogen) atoms. The number of likely N-dealkylation sites (N-methyl/N-ethyl adjacent to an activating group) is 2. The van der Waals surface area contributed by atoms with Crippen molar-refractivity contribution in [1.29, 1.82) is 0 Å². The highest BCUT2D eigenvalue weighted by Crippen LogP contribution is 2.21. The predicted octanol–water partition coefficient (Wildman–Crippen LogP) is 0.802. The van der Waals surface area contributed by atoms with Gasteiger partial charge in [0.05, 0.1) is 5.60 Å². The molecule has 1 rings (SSSR count). The molecule has 0 spiro atoms. The lowest BCUT2D eigenvalue weighted by Gasteiger charge is -2.36. The lowest BCUT2D eigenvalue weighted by Crippen LogP contribution is -2.47. The normalized spacial score (nSPS) is 20.1. The van der Waals surface area contributed by atoms with E-state index in [9.17, 15) is 5.11 Å². The highest BCUT2D eigenvalue weighted by Gasteiger charge is 2.30. The van der Waals surface area contributed by atoms with Gasteiger partial charge < -0.3 is 19.6 Å². The van der Waals surface area contributed by atoms with Gasteiger partial charge in [-0.15, -0.1) is 0 Å². The van der Waals surface area contributed by atoms with E-state index in [1.54, 1.807) is 0 Å². The standard InChI is InChI=1S/C13H28N2O2/c1-4-15(5-2)9-8-14(3)12-13(16)6-10-17-11-7-13/h16H,4-12H2,1-3H3. The first-order valence-corrected chi connectivity index (χ1v) is 6.80. The third kappa shape index (κ3) is 5.34. The van der Waals surface area contributed by atoms with Crippen molar-refractivity contribution in [1.82, 2.24) is 9.80 Å². The number of hydrogen-bond donors (Lipinski definition) is 1. The van der Waals surface area contributed by atoms with E-state index in [4.69, 9.17) is 4.74 Å². The molecule has 1 N–H and O–H groups in total. The third-order valence-corrected chi connectivity index (χ3v) is 3.68. The van der Waals surface area contributed by atoms with E-state index in [2.05, 4.69) is 30.7 Å². The van der Waals surface area contributed by atoms with Gasteiger partial charge in [0.1, 0.15) is 0 Å². The Kier molecular flexibility index (Phi) is 6.41. The summed E-state index contributed by atoms with van der Waals surface area (Å²) in [6.45, 7) is 10.8. The summed E-state index contributed by atoms with van der Waals surface area (Å²) in [7, 11) is 2.09. The molecule has 0 aromatic carbocycles. The molecule has 0 bridgehead atoms. The van der Waals surface area contributed by atoms with E-state index in [0.29, 0.717) is 13.2 Å². The molecule has 1 saturated heterocycles. The fraction of sp³-hybridized carbons (Fsp3) is 1.00. The fourth-order valence-corrected chi connectivity index (χ4v) is 2.34. The summed E-state index contributed by atoms with van der Waals surface area (Å²) in [5.74, 6) is 0. The van der Waals surface area contributed by atoms with Crippen LogP contribution in [0.5, 0.6) is 0 Å². The lowest BCUT2D eigenvalue weighted by atomic mass is 9.94. The lowest BCUT2D eigenvalue weighted by molar-refractivity contribution is -0.0772. The van der Waals surface area contributed by atoms with Crippen molar-refractivity contribution in [3.63, 3.8) is 0 Å². The maximum atomic E-state index is 10.4. The van der Waals surface area contributed by atoms with Crippen molar-refractivity contribution in [2.45, 2.75) is 32.3 Å². The van der Waals surface area contributed by atoms with Crippen LogP contribution in [0.1, 0.15) is 26.7 Å². The van der Waals surface area contributed by atoms with Gasteiger partial charge in [0, 0.05) is 45.7 Å². The van der Waals surface area contributed by atoms with E-state index >= 15 is 0 Å². The first kappa shape index (κ1) is 14.9. The highest BCUT2D eigenvalue weighted by molar-refractivity contribution is 4.84. The monoisotopic (exact) mass is 244 g/mol. The van der Waals surface area contributed by atoms with Crippen LogP contribution in [0, 0.1) is 0 Å². The van der Waals surface area contributed by atoms with Crippen LogP contribution < -0.4 is 0 Å².